The molecule has 105 valence electrons. The number of benzene rings is 1. The topological polar surface area (TPSA) is 29.5 Å². The van der Waals surface area contributed by atoms with Crippen LogP contribution in [0.5, 0.6) is 0 Å². The van der Waals surface area contributed by atoms with Crippen LogP contribution >= 0.6 is 0 Å². The van der Waals surface area contributed by atoms with Gasteiger partial charge < -0.3 is 9.76 Å². The van der Waals surface area contributed by atoms with Gasteiger partial charge in [0.1, 0.15) is 0 Å². The van der Waals surface area contributed by atoms with E-state index in [0.29, 0.717) is 5.56 Å². The summed E-state index contributed by atoms with van der Waals surface area (Å²) in [6, 6.07) is 6.74. The van der Waals surface area contributed by atoms with E-state index >= 15 is 0 Å². The summed E-state index contributed by atoms with van der Waals surface area (Å²) < 4.78 is 30.0. The van der Waals surface area contributed by atoms with Gasteiger partial charge >= 0.3 is 7.48 Å². The van der Waals surface area contributed by atoms with E-state index in [1.54, 1.807) is 52.0 Å². The van der Waals surface area contributed by atoms with Crippen molar-refractivity contribution in [3.8, 4) is 0 Å². The summed E-state index contributed by atoms with van der Waals surface area (Å²) in [4.78, 5) is 0. The van der Waals surface area contributed by atoms with Crippen LogP contribution in [-0.2, 0) is 11.1 Å². The van der Waals surface area contributed by atoms with Crippen molar-refractivity contribution < 1.29 is 18.5 Å². The van der Waals surface area contributed by atoms with Crippen LogP contribution in [-0.4, -0.2) is 30.2 Å². The van der Waals surface area contributed by atoms with E-state index in [-0.39, 0.29) is 6.42 Å². The van der Waals surface area contributed by atoms with Gasteiger partial charge in [-0.15, -0.1) is 0 Å². The Morgan fingerprint density at radius 2 is 1.68 bits per heavy atom. The Kier molecular flexibility index (Phi) is 5.10. The molecule has 1 aromatic carbocycles. The zero-order valence-electron chi connectivity index (χ0n) is 11.8. The Bertz CT molecular complexity index is 397. The fourth-order valence-corrected chi connectivity index (χ4v) is 1.27. The van der Waals surface area contributed by atoms with Crippen LogP contribution in [0.2, 0.25) is 0 Å². The molecule has 0 saturated carbocycles. The maximum atomic E-state index is 12.2. The molecule has 0 bridgehead atoms. The molecule has 0 saturated heterocycles. The lowest BCUT2D eigenvalue weighted by molar-refractivity contribution is -0.0893. The maximum Gasteiger partial charge on any atom is 0.330 e. The third kappa shape index (κ3) is 4.92. The van der Waals surface area contributed by atoms with Gasteiger partial charge in [-0.2, -0.15) is 0 Å². The number of halogens is 2. The minimum atomic E-state index is -2.33. The van der Waals surface area contributed by atoms with Gasteiger partial charge in [-0.1, -0.05) is 29.7 Å². The van der Waals surface area contributed by atoms with Crippen LogP contribution in [0.1, 0.15) is 33.3 Å². The Balaban J connectivity index is 2.59. The van der Waals surface area contributed by atoms with Crippen molar-refractivity contribution >= 4 is 12.9 Å². The Morgan fingerprint density at radius 3 is 2.11 bits per heavy atom. The van der Waals surface area contributed by atoms with Gasteiger partial charge in [0, 0.05) is 6.42 Å². The fraction of sp³-hybridized carbons (Fsp3) is 0.571. The molecule has 2 nitrogen and oxygen atoms in total. The van der Waals surface area contributed by atoms with Gasteiger partial charge in [0.05, 0.1) is 11.2 Å². The van der Waals surface area contributed by atoms with E-state index in [1.807, 2.05) is 0 Å². The van der Waals surface area contributed by atoms with Crippen LogP contribution in [0.3, 0.4) is 0 Å². The summed E-state index contributed by atoms with van der Waals surface area (Å²) in [7, 11) is 1.53. The van der Waals surface area contributed by atoms with E-state index in [4.69, 9.17) is 4.65 Å². The fourth-order valence-electron chi connectivity index (χ4n) is 1.27. The van der Waals surface area contributed by atoms with Gasteiger partial charge in [0.25, 0.3) is 0 Å². The first kappa shape index (κ1) is 16.1. The standard InChI is InChI=1S/C14H20BF2O2/c1-13(2,18)14(3,4)19-15-11-7-5-10(6-8-11)9-12(16)17/h5-8,12,18H,9H2,1-4H3. The third-order valence-corrected chi connectivity index (χ3v) is 3.33. The predicted octanol–water partition coefficient (Wildman–Crippen LogP) is 2.30. The molecule has 0 fully saturated rings. The second kappa shape index (κ2) is 6.01. The van der Waals surface area contributed by atoms with Gasteiger partial charge in [-0.25, -0.2) is 8.78 Å². The van der Waals surface area contributed by atoms with Crippen LogP contribution in [0.4, 0.5) is 8.78 Å². The summed E-state index contributed by atoms with van der Waals surface area (Å²) in [6.07, 6.45) is -2.57. The van der Waals surface area contributed by atoms with E-state index in [1.165, 1.54) is 7.48 Å². The smallest absolute Gasteiger partial charge is 0.330 e. The van der Waals surface area contributed by atoms with Crippen LogP contribution in [0, 0.1) is 0 Å². The molecule has 0 heterocycles. The quantitative estimate of drug-likeness (QED) is 0.803. The largest absolute Gasteiger partial charge is 0.427 e. The van der Waals surface area contributed by atoms with E-state index in [2.05, 4.69) is 0 Å². The van der Waals surface area contributed by atoms with Gasteiger partial charge in [-0.3, -0.25) is 0 Å². The Hall–Kier alpha value is -0.935. The monoisotopic (exact) mass is 269 g/mol. The summed E-state index contributed by atoms with van der Waals surface area (Å²) in [5, 5.41) is 9.94. The number of hydrogen-bond acceptors (Lipinski definition) is 2. The molecule has 0 amide bonds. The highest BCUT2D eigenvalue weighted by Crippen LogP contribution is 2.24. The van der Waals surface area contributed by atoms with E-state index in [0.717, 1.165) is 5.46 Å². The molecule has 0 spiro atoms. The van der Waals surface area contributed by atoms with Crippen molar-refractivity contribution in [3.63, 3.8) is 0 Å². The summed E-state index contributed by atoms with van der Waals surface area (Å²) in [5.41, 5.74) is -0.363. The van der Waals surface area contributed by atoms with E-state index < -0.39 is 17.6 Å². The predicted molar refractivity (Wildman–Crippen MR) is 73.0 cm³/mol. The minimum Gasteiger partial charge on any atom is -0.427 e. The first-order chi connectivity index (χ1) is 8.62. The zero-order valence-corrected chi connectivity index (χ0v) is 11.8. The van der Waals surface area contributed by atoms with Crippen molar-refractivity contribution in [2.75, 3.05) is 0 Å². The number of rotatable bonds is 6. The molecule has 19 heavy (non-hydrogen) atoms. The summed E-state index contributed by atoms with van der Waals surface area (Å²) >= 11 is 0. The molecule has 5 heteroatoms. The molecule has 1 N–H and O–H groups in total. The number of hydrogen-bond donors (Lipinski definition) is 1. The average molecular weight is 269 g/mol. The molecular formula is C14H20BF2O2. The van der Waals surface area contributed by atoms with Gasteiger partial charge in [-0.05, 0) is 33.3 Å². The molecule has 0 aliphatic carbocycles. The highest BCUT2D eigenvalue weighted by molar-refractivity contribution is 6.47. The molecule has 0 aliphatic heterocycles. The second-order valence-corrected chi connectivity index (χ2v) is 5.64. The summed E-state index contributed by atoms with van der Waals surface area (Å²) in [6.45, 7) is 6.92. The lowest BCUT2D eigenvalue weighted by Gasteiger charge is -2.37. The number of aliphatic hydroxyl groups is 1. The normalized spacial score (nSPS) is 12.8. The van der Waals surface area contributed by atoms with Crippen molar-refractivity contribution in [1.29, 1.82) is 0 Å². The molecule has 1 radical (unpaired) electrons. The molecular weight excluding hydrogens is 249 g/mol. The molecule has 1 aromatic rings. The maximum absolute atomic E-state index is 12.2. The summed E-state index contributed by atoms with van der Waals surface area (Å²) in [5.74, 6) is 0. The lowest BCUT2D eigenvalue weighted by atomic mass is 9.82. The van der Waals surface area contributed by atoms with Gasteiger partial charge in [0.15, 0.2) is 0 Å². The number of alkyl halides is 2. The van der Waals surface area contributed by atoms with Gasteiger partial charge in [0.2, 0.25) is 6.43 Å². The van der Waals surface area contributed by atoms with Crippen LogP contribution < -0.4 is 5.46 Å². The third-order valence-electron chi connectivity index (χ3n) is 3.33. The molecule has 1 rings (SSSR count). The molecule has 0 unspecified atom stereocenters. The first-order valence-electron chi connectivity index (χ1n) is 6.22. The van der Waals surface area contributed by atoms with Crippen LogP contribution in [0.15, 0.2) is 24.3 Å². The lowest BCUT2D eigenvalue weighted by Crippen LogP contribution is -2.49. The molecule has 0 aromatic heterocycles. The minimum absolute atomic E-state index is 0.240. The molecule has 0 atom stereocenters. The van der Waals surface area contributed by atoms with Crippen LogP contribution in [0.25, 0.3) is 0 Å². The average Bonchev–Trinajstić information content (AvgIpc) is 2.26. The highest BCUT2D eigenvalue weighted by atomic mass is 19.3. The highest BCUT2D eigenvalue weighted by Gasteiger charge is 2.35. The van der Waals surface area contributed by atoms with Crippen molar-refractivity contribution in [1.82, 2.24) is 0 Å². The SMILES string of the molecule is CC(C)(O)C(C)(C)O[B]c1ccc(CC(F)F)cc1. The Labute approximate surface area is 114 Å². The van der Waals surface area contributed by atoms with Crippen molar-refractivity contribution in [2.24, 2.45) is 0 Å². The molecule has 0 aliphatic rings. The Morgan fingerprint density at radius 1 is 1.16 bits per heavy atom. The first-order valence-corrected chi connectivity index (χ1v) is 6.22. The zero-order chi connectivity index (χ0) is 14.7. The van der Waals surface area contributed by atoms with Crippen molar-refractivity contribution in [2.45, 2.75) is 51.7 Å². The second-order valence-electron chi connectivity index (χ2n) is 5.64. The van der Waals surface area contributed by atoms with E-state index in [9.17, 15) is 13.9 Å². The van der Waals surface area contributed by atoms with Crippen molar-refractivity contribution in [3.05, 3.63) is 29.8 Å².